The Kier molecular flexibility index (Phi) is 3.35. The van der Waals surface area contributed by atoms with Gasteiger partial charge >= 0.3 is 0 Å². The molecule has 0 bridgehead atoms. The lowest BCUT2D eigenvalue weighted by Crippen LogP contribution is -2.04. The fraction of sp³-hybridized carbons (Fsp3) is 0.167. The first-order valence-corrected chi connectivity index (χ1v) is 4.48. The third-order valence-electron chi connectivity index (χ3n) is 2.08. The highest BCUT2D eigenvalue weighted by molar-refractivity contribution is 6.05. The van der Waals surface area contributed by atoms with Crippen LogP contribution in [0.5, 0.6) is 0 Å². The fourth-order valence-electron chi connectivity index (χ4n) is 1.36. The molecule has 0 atom stereocenters. The summed E-state index contributed by atoms with van der Waals surface area (Å²) in [6, 6.07) is 5.17. The number of hydrogen-bond donors (Lipinski definition) is 0. The molecule has 0 aliphatic rings. The molecule has 2 nitrogen and oxygen atoms in total. The molecule has 0 heterocycles. The maximum absolute atomic E-state index is 11.6. The summed E-state index contributed by atoms with van der Waals surface area (Å²) in [5.74, 6) is -0.0254. The normalized spacial score (nSPS) is 9.50. The number of carbonyl (C=O) groups is 2. The zero-order chi connectivity index (χ0) is 10.6. The zero-order valence-corrected chi connectivity index (χ0v) is 8.12. The molecular formula is C12H12O2. The minimum atomic E-state index is -0.0254. The van der Waals surface area contributed by atoms with Crippen LogP contribution in [0.1, 0.15) is 39.6 Å². The average molecular weight is 188 g/mol. The first kappa shape index (κ1) is 10.4. The van der Waals surface area contributed by atoms with E-state index in [9.17, 15) is 9.59 Å². The van der Waals surface area contributed by atoms with Crippen molar-refractivity contribution in [1.29, 1.82) is 0 Å². The lowest BCUT2D eigenvalue weighted by molar-refractivity contribution is 0.0981. The number of ketones is 1. The van der Waals surface area contributed by atoms with Gasteiger partial charge in [-0.2, -0.15) is 0 Å². The van der Waals surface area contributed by atoms with E-state index in [4.69, 9.17) is 0 Å². The second-order valence-corrected chi connectivity index (χ2v) is 2.91. The molecule has 0 aromatic heterocycles. The number of aldehydes is 1. The summed E-state index contributed by atoms with van der Waals surface area (Å²) in [5, 5.41) is 0. The van der Waals surface area contributed by atoms with Crippen LogP contribution in [-0.4, -0.2) is 12.1 Å². The first-order chi connectivity index (χ1) is 6.74. The maximum atomic E-state index is 11.6. The minimum absolute atomic E-state index is 0.0254. The number of Topliss-reactive ketones (excluding diaryl/α,β-unsaturated/α-hetero) is 1. The molecule has 0 saturated carbocycles. The third kappa shape index (κ3) is 1.79. The van der Waals surface area contributed by atoms with E-state index < -0.39 is 0 Å². The van der Waals surface area contributed by atoms with Gasteiger partial charge in [-0.25, -0.2) is 0 Å². The number of benzene rings is 1. The molecule has 0 spiro atoms. The van der Waals surface area contributed by atoms with Crippen LogP contribution in [0.3, 0.4) is 0 Å². The molecule has 0 aliphatic heterocycles. The summed E-state index contributed by atoms with van der Waals surface area (Å²) >= 11 is 0. The van der Waals surface area contributed by atoms with Crippen LogP contribution in [0.15, 0.2) is 24.8 Å². The summed E-state index contributed by atoms with van der Waals surface area (Å²) in [7, 11) is 0. The van der Waals surface area contributed by atoms with Gasteiger partial charge in [0.1, 0.15) is 0 Å². The largest absolute Gasteiger partial charge is 0.298 e. The van der Waals surface area contributed by atoms with Crippen molar-refractivity contribution < 1.29 is 9.59 Å². The Bertz CT molecular complexity index is 352. The Morgan fingerprint density at radius 1 is 1.43 bits per heavy atom. The van der Waals surface area contributed by atoms with E-state index in [1.807, 2.05) is 0 Å². The molecular weight excluding hydrogens is 176 g/mol. The van der Waals surface area contributed by atoms with Crippen LogP contribution in [0.25, 0.3) is 6.08 Å². The Labute approximate surface area is 83.3 Å². The number of hydrogen-bond acceptors (Lipinski definition) is 2. The maximum Gasteiger partial charge on any atom is 0.163 e. The highest BCUT2D eigenvalue weighted by Gasteiger charge is 2.12. The molecule has 1 aromatic carbocycles. The predicted molar refractivity (Wildman–Crippen MR) is 56.5 cm³/mol. The van der Waals surface area contributed by atoms with E-state index in [-0.39, 0.29) is 5.78 Å². The quantitative estimate of drug-likeness (QED) is 0.537. The van der Waals surface area contributed by atoms with Crippen LogP contribution in [0.2, 0.25) is 0 Å². The Hall–Kier alpha value is -1.70. The molecule has 0 amide bonds. The van der Waals surface area contributed by atoms with Crippen molar-refractivity contribution in [2.75, 3.05) is 0 Å². The van der Waals surface area contributed by atoms with Gasteiger partial charge in [-0.05, 0) is 5.56 Å². The van der Waals surface area contributed by atoms with Crippen molar-refractivity contribution in [2.24, 2.45) is 0 Å². The van der Waals surface area contributed by atoms with Gasteiger partial charge in [-0.15, -0.1) is 0 Å². The van der Waals surface area contributed by atoms with Crippen molar-refractivity contribution in [3.8, 4) is 0 Å². The molecule has 0 N–H and O–H groups in total. The minimum Gasteiger partial charge on any atom is -0.298 e. The Balaban J connectivity index is 3.40. The van der Waals surface area contributed by atoms with Crippen LogP contribution >= 0.6 is 0 Å². The van der Waals surface area contributed by atoms with Crippen molar-refractivity contribution in [1.82, 2.24) is 0 Å². The van der Waals surface area contributed by atoms with Gasteiger partial charge in [0, 0.05) is 17.5 Å². The van der Waals surface area contributed by atoms with E-state index in [1.54, 1.807) is 31.2 Å². The van der Waals surface area contributed by atoms with Gasteiger partial charge in [0.2, 0.25) is 0 Å². The molecule has 1 aromatic rings. The lowest BCUT2D eigenvalue weighted by Gasteiger charge is -2.05. The monoisotopic (exact) mass is 188 g/mol. The van der Waals surface area contributed by atoms with Gasteiger partial charge in [-0.3, -0.25) is 9.59 Å². The molecule has 0 saturated heterocycles. The highest BCUT2D eigenvalue weighted by Crippen LogP contribution is 2.16. The Morgan fingerprint density at radius 2 is 2.07 bits per heavy atom. The summed E-state index contributed by atoms with van der Waals surface area (Å²) in [6.07, 6.45) is 2.69. The van der Waals surface area contributed by atoms with Gasteiger partial charge < -0.3 is 0 Å². The second kappa shape index (κ2) is 4.51. The molecule has 14 heavy (non-hydrogen) atoms. The van der Waals surface area contributed by atoms with Gasteiger partial charge in [0.25, 0.3) is 0 Å². The van der Waals surface area contributed by atoms with Crippen LogP contribution in [0.4, 0.5) is 0 Å². The molecule has 0 radical (unpaired) electrons. The second-order valence-electron chi connectivity index (χ2n) is 2.91. The van der Waals surface area contributed by atoms with Crippen molar-refractivity contribution in [2.45, 2.75) is 13.3 Å². The molecule has 0 unspecified atom stereocenters. The highest BCUT2D eigenvalue weighted by atomic mass is 16.1. The Morgan fingerprint density at radius 3 is 2.57 bits per heavy atom. The summed E-state index contributed by atoms with van der Waals surface area (Å²) in [5.41, 5.74) is 1.65. The summed E-state index contributed by atoms with van der Waals surface area (Å²) in [4.78, 5) is 22.3. The van der Waals surface area contributed by atoms with Gasteiger partial charge in [0.05, 0.1) is 0 Å². The predicted octanol–water partition coefficient (Wildman–Crippen LogP) is 2.73. The number of rotatable bonds is 4. The van der Waals surface area contributed by atoms with Crippen molar-refractivity contribution in [3.63, 3.8) is 0 Å². The summed E-state index contributed by atoms with van der Waals surface area (Å²) < 4.78 is 0. The zero-order valence-electron chi connectivity index (χ0n) is 8.12. The average Bonchev–Trinajstić information content (AvgIpc) is 2.26. The molecule has 2 heteroatoms. The van der Waals surface area contributed by atoms with Crippen LogP contribution in [-0.2, 0) is 0 Å². The molecule has 0 aliphatic carbocycles. The van der Waals surface area contributed by atoms with Crippen molar-refractivity contribution in [3.05, 3.63) is 41.5 Å². The van der Waals surface area contributed by atoms with E-state index in [0.717, 1.165) is 5.56 Å². The number of carbonyl (C=O) groups excluding carboxylic acids is 2. The van der Waals surface area contributed by atoms with E-state index in [2.05, 4.69) is 6.58 Å². The first-order valence-electron chi connectivity index (χ1n) is 4.48. The topological polar surface area (TPSA) is 34.1 Å². The molecule has 72 valence electrons. The third-order valence-corrected chi connectivity index (χ3v) is 2.08. The van der Waals surface area contributed by atoms with Crippen LogP contribution < -0.4 is 0 Å². The van der Waals surface area contributed by atoms with Crippen LogP contribution in [0, 0.1) is 0 Å². The van der Waals surface area contributed by atoms with Crippen molar-refractivity contribution >= 4 is 18.1 Å². The lowest BCUT2D eigenvalue weighted by atomic mass is 9.97. The standard InChI is InChI=1S/C12H12O2/c1-3-9-6-5-7-10(8-13)12(9)11(14)4-2/h3,5-8H,1,4H2,2H3. The fourth-order valence-corrected chi connectivity index (χ4v) is 1.36. The van der Waals surface area contributed by atoms with E-state index >= 15 is 0 Å². The van der Waals surface area contributed by atoms with Gasteiger partial charge in [-0.1, -0.05) is 37.8 Å². The molecule has 1 rings (SSSR count). The van der Waals surface area contributed by atoms with Gasteiger partial charge in [0.15, 0.2) is 12.1 Å². The van der Waals surface area contributed by atoms with E-state index in [1.165, 1.54) is 0 Å². The summed E-state index contributed by atoms with van der Waals surface area (Å²) in [6.45, 7) is 5.39. The van der Waals surface area contributed by atoms with E-state index in [0.29, 0.717) is 23.8 Å². The smallest absolute Gasteiger partial charge is 0.163 e. The SMILES string of the molecule is C=Cc1cccc(C=O)c1C(=O)CC. The molecule has 0 fully saturated rings.